The number of amidine groups is 1. The Balaban J connectivity index is 1.72. The summed E-state index contributed by atoms with van der Waals surface area (Å²) < 4.78 is 5.97. The number of ether oxygens (including phenoxy) is 1. The van der Waals surface area contributed by atoms with E-state index in [1.165, 1.54) is 18.3 Å². The average molecular weight is 461 g/mol. The maximum absolute atomic E-state index is 12.1. The van der Waals surface area contributed by atoms with Gasteiger partial charge in [0.1, 0.15) is 5.75 Å². The molecule has 1 fully saturated rings. The van der Waals surface area contributed by atoms with Gasteiger partial charge in [-0.2, -0.15) is 5.10 Å². The highest BCUT2D eigenvalue weighted by Gasteiger charge is 2.23. The Morgan fingerprint density at radius 1 is 1.25 bits per heavy atom. The largest absolute Gasteiger partial charge is 0.496 e. The van der Waals surface area contributed by atoms with Crippen molar-refractivity contribution < 1.29 is 14.5 Å². The predicted octanol–water partition coefficient (Wildman–Crippen LogP) is 3.96. The van der Waals surface area contributed by atoms with E-state index < -0.39 is 4.92 Å². The first kappa shape index (κ1) is 19.8. The second kappa shape index (κ2) is 8.81. The molecule has 1 heterocycles. The van der Waals surface area contributed by atoms with Crippen molar-refractivity contribution in [3.63, 3.8) is 0 Å². The Hall–Kier alpha value is -2.98. The molecular weight excluding hydrogens is 448 g/mol. The fourth-order valence-electron chi connectivity index (χ4n) is 2.27. The van der Waals surface area contributed by atoms with Gasteiger partial charge in [-0.1, -0.05) is 18.2 Å². The number of hydrogen-bond donors (Lipinski definition) is 1. The summed E-state index contributed by atoms with van der Waals surface area (Å²) in [5.41, 5.74) is 1.33. The van der Waals surface area contributed by atoms with Gasteiger partial charge in [-0.15, -0.1) is 5.10 Å². The van der Waals surface area contributed by atoms with Crippen molar-refractivity contribution in [3.8, 4) is 5.75 Å². The Labute approximate surface area is 172 Å². The van der Waals surface area contributed by atoms with Crippen LogP contribution in [0.4, 0.5) is 5.69 Å². The van der Waals surface area contributed by atoms with Crippen LogP contribution in [-0.2, 0) is 4.79 Å². The molecule has 1 aliphatic heterocycles. The first-order chi connectivity index (χ1) is 13.5. The highest BCUT2D eigenvalue weighted by Crippen LogP contribution is 2.30. The summed E-state index contributed by atoms with van der Waals surface area (Å²) in [5.74, 6) is 0.421. The minimum absolute atomic E-state index is 0.0315. The van der Waals surface area contributed by atoms with E-state index in [2.05, 4.69) is 31.4 Å². The van der Waals surface area contributed by atoms with Gasteiger partial charge in [-0.25, -0.2) is 0 Å². The molecule has 8 nitrogen and oxygen atoms in total. The van der Waals surface area contributed by atoms with E-state index in [0.29, 0.717) is 21.4 Å². The van der Waals surface area contributed by atoms with Crippen LogP contribution in [0.1, 0.15) is 11.1 Å². The molecule has 0 spiro atoms. The molecule has 1 N–H and O–H groups in total. The molecule has 0 aliphatic carbocycles. The third kappa shape index (κ3) is 4.84. The molecule has 3 rings (SSSR count). The number of nitro benzene ring substituents is 1. The van der Waals surface area contributed by atoms with Crippen LogP contribution < -0.4 is 10.1 Å². The van der Waals surface area contributed by atoms with Gasteiger partial charge < -0.3 is 4.74 Å². The molecule has 28 heavy (non-hydrogen) atoms. The summed E-state index contributed by atoms with van der Waals surface area (Å²) in [7, 11) is 1.58. The van der Waals surface area contributed by atoms with Crippen LogP contribution in [0.3, 0.4) is 0 Å². The molecule has 0 saturated carbocycles. The molecule has 10 heteroatoms. The topological polar surface area (TPSA) is 106 Å². The van der Waals surface area contributed by atoms with Crippen molar-refractivity contribution in [2.45, 2.75) is 0 Å². The molecule has 2 aromatic carbocycles. The van der Waals surface area contributed by atoms with E-state index in [1.54, 1.807) is 31.4 Å². The third-order valence-electron chi connectivity index (χ3n) is 3.56. The Bertz CT molecular complexity index is 1040. The van der Waals surface area contributed by atoms with Crippen molar-refractivity contribution in [2.24, 2.45) is 10.2 Å². The molecule has 0 radical (unpaired) electrons. The van der Waals surface area contributed by atoms with Crippen LogP contribution >= 0.6 is 27.7 Å². The van der Waals surface area contributed by atoms with Gasteiger partial charge in [0.15, 0.2) is 5.17 Å². The van der Waals surface area contributed by atoms with Crippen LogP contribution in [-0.4, -0.2) is 29.3 Å². The summed E-state index contributed by atoms with van der Waals surface area (Å²) in [5, 5.41) is 21.6. The maximum Gasteiger partial charge on any atom is 0.270 e. The number of methoxy groups -OCH3 is 1. The number of benzene rings is 2. The lowest BCUT2D eigenvalue weighted by Gasteiger charge is -2.03. The zero-order valence-corrected chi connectivity index (χ0v) is 16.9. The number of amides is 1. The molecule has 0 aromatic heterocycles. The van der Waals surface area contributed by atoms with Crippen molar-refractivity contribution >= 4 is 56.7 Å². The van der Waals surface area contributed by atoms with Gasteiger partial charge in [0, 0.05) is 17.7 Å². The molecule has 142 valence electrons. The summed E-state index contributed by atoms with van der Waals surface area (Å²) in [6.45, 7) is 0. The van der Waals surface area contributed by atoms with Gasteiger partial charge in [-0.3, -0.25) is 20.2 Å². The number of nitrogens with zero attached hydrogens (tertiary/aromatic N) is 3. The van der Waals surface area contributed by atoms with E-state index in [0.717, 1.165) is 21.8 Å². The minimum Gasteiger partial charge on any atom is -0.496 e. The lowest BCUT2D eigenvalue weighted by molar-refractivity contribution is -0.384. The van der Waals surface area contributed by atoms with Crippen LogP contribution in [0.5, 0.6) is 5.75 Å². The predicted molar refractivity (Wildman–Crippen MR) is 113 cm³/mol. The highest BCUT2D eigenvalue weighted by atomic mass is 79.9. The minimum atomic E-state index is -0.481. The van der Waals surface area contributed by atoms with E-state index in [9.17, 15) is 14.9 Å². The SMILES string of the molecule is COc1ccc(C=C2S/C(=N/N=Cc3cccc([N+](=O)[O-])c3)NC2=O)cc1Br. The molecule has 1 amide bonds. The number of halogens is 1. The van der Waals surface area contributed by atoms with Crippen LogP contribution in [0.15, 0.2) is 62.0 Å². The molecule has 2 aromatic rings. The number of hydrogen-bond acceptors (Lipinski definition) is 7. The lowest BCUT2D eigenvalue weighted by atomic mass is 10.2. The number of carbonyl (C=O) groups excluding carboxylic acids is 1. The summed E-state index contributed by atoms with van der Waals surface area (Å²) in [4.78, 5) is 22.9. The average Bonchev–Trinajstić information content (AvgIpc) is 3.01. The molecule has 0 bridgehead atoms. The zero-order chi connectivity index (χ0) is 20.1. The number of rotatable bonds is 5. The second-order valence-corrected chi connectivity index (χ2v) is 7.35. The van der Waals surface area contributed by atoms with E-state index in [-0.39, 0.29) is 11.6 Å². The van der Waals surface area contributed by atoms with E-state index in [1.807, 2.05) is 12.1 Å². The van der Waals surface area contributed by atoms with Crippen molar-refractivity contribution in [3.05, 3.63) is 73.1 Å². The first-order valence-electron chi connectivity index (χ1n) is 7.86. The smallest absolute Gasteiger partial charge is 0.270 e. The number of thioether (sulfide) groups is 1. The number of carbonyl (C=O) groups is 1. The Morgan fingerprint density at radius 3 is 2.79 bits per heavy atom. The normalized spacial score (nSPS) is 16.7. The van der Waals surface area contributed by atoms with Gasteiger partial charge in [0.25, 0.3) is 11.6 Å². The van der Waals surface area contributed by atoms with Crippen molar-refractivity contribution in [1.82, 2.24) is 5.32 Å². The van der Waals surface area contributed by atoms with Crippen LogP contribution in [0.2, 0.25) is 0 Å². The summed E-state index contributed by atoms with van der Waals surface area (Å²) in [6.07, 6.45) is 3.12. The molecule has 1 aliphatic rings. The van der Waals surface area contributed by atoms with Crippen molar-refractivity contribution in [2.75, 3.05) is 7.11 Å². The van der Waals surface area contributed by atoms with Gasteiger partial charge in [0.05, 0.1) is 27.6 Å². The van der Waals surface area contributed by atoms with Gasteiger partial charge in [0.2, 0.25) is 0 Å². The van der Waals surface area contributed by atoms with Crippen molar-refractivity contribution in [1.29, 1.82) is 0 Å². The Morgan fingerprint density at radius 2 is 2.07 bits per heavy atom. The lowest BCUT2D eigenvalue weighted by Crippen LogP contribution is -2.19. The Kier molecular flexibility index (Phi) is 6.22. The van der Waals surface area contributed by atoms with E-state index >= 15 is 0 Å². The number of non-ortho nitro benzene ring substituents is 1. The molecule has 0 atom stereocenters. The number of nitro groups is 1. The first-order valence-corrected chi connectivity index (χ1v) is 9.47. The fourth-order valence-corrected chi connectivity index (χ4v) is 3.60. The van der Waals surface area contributed by atoms with Crippen LogP contribution in [0.25, 0.3) is 6.08 Å². The standard InChI is InChI=1S/C18H13BrN4O4S/c1-27-15-6-5-11(8-14(15)19)9-16-17(24)21-18(28-16)22-20-10-12-3-2-4-13(7-12)23(25)26/h2-10H,1H3,(H,21,22,24). The second-order valence-electron chi connectivity index (χ2n) is 5.46. The monoisotopic (exact) mass is 460 g/mol. The zero-order valence-electron chi connectivity index (χ0n) is 14.5. The van der Waals surface area contributed by atoms with E-state index in [4.69, 9.17) is 4.74 Å². The number of nitrogens with one attached hydrogen (secondary N) is 1. The third-order valence-corrected chi connectivity index (χ3v) is 5.08. The fraction of sp³-hybridized carbons (Fsp3) is 0.0556. The summed E-state index contributed by atoms with van der Waals surface area (Å²) >= 11 is 4.56. The van der Waals surface area contributed by atoms with Gasteiger partial charge >= 0.3 is 0 Å². The highest BCUT2D eigenvalue weighted by molar-refractivity contribution is 9.10. The quantitative estimate of drug-likeness (QED) is 0.314. The molecule has 1 saturated heterocycles. The van der Waals surface area contributed by atoms with Gasteiger partial charge in [-0.05, 0) is 51.5 Å². The molecule has 0 unspecified atom stereocenters. The summed E-state index contributed by atoms with van der Waals surface area (Å²) in [6, 6.07) is 11.5. The van der Waals surface area contributed by atoms with Crippen LogP contribution in [0, 0.1) is 10.1 Å². The molecular formula is C18H13BrN4O4S. The maximum atomic E-state index is 12.1.